The van der Waals surface area contributed by atoms with E-state index in [1.54, 1.807) is 7.11 Å². The molecule has 0 radical (unpaired) electrons. The monoisotopic (exact) mass is 342 g/mol. The summed E-state index contributed by atoms with van der Waals surface area (Å²) in [5.41, 5.74) is 0.936. The van der Waals surface area contributed by atoms with E-state index in [0.717, 1.165) is 5.56 Å². The van der Waals surface area contributed by atoms with E-state index in [1.165, 1.54) is 0 Å². The number of carbonyl (C=O) groups is 2. The van der Waals surface area contributed by atoms with Crippen molar-refractivity contribution in [3.63, 3.8) is 0 Å². The lowest BCUT2D eigenvalue weighted by molar-refractivity contribution is -0.123. The molecular weight excluding hydrogens is 308 g/mol. The van der Waals surface area contributed by atoms with Crippen LogP contribution in [0.4, 0.5) is 4.79 Å². The number of nitrogens with one attached hydrogen (secondary N) is 2. The summed E-state index contributed by atoms with van der Waals surface area (Å²) in [5, 5.41) is 5.27. The first-order chi connectivity index (χ1) is 11.4. The predicted octanol–water partition coefficient (Wildman–Crippen LogP) is 3.22. The molecule has 0 spiro atoms. The summed E-state index contributed by atoms with van der Waals surface area (Å²) in [5.74, 6) is -0.0792. The van der Waals surface area contributed by atoms with Gasteiger partial charge in [0.2, 0.25) is 5.91 Å². The molecule has 0 aliphatic heterocycles. The Kier molecular flexibility index (Phi) is 12.2. The zero-order valence-electron chi connectivity index (χ0n) is 15.3. The second kappa shape index (κ2) is 13.4. The Hall–Kier alpha value is -2.08. The van der Waals surface area contributed by atoms with Gasteiger partial charge in [-0.25, -0.2) is 4.79 Å². The van der Waals surface area contributed by atoms with Crippen molar-refractivity contribution in [3.05, 3.63) is 35.9 Å². The van der Waals surface area contributed by atoms with Gasteiger partial charge in [-0.05, 0) is 19.4 Å². The Morgan fingerprint density at radius 3 is 2.08 bits per heavy atom. The van der Waals surface area contributed by atoms with E-state index in [-0.39, 0.29) is 21.3 Å². The number of hydrogen-bond acceptors (Lipinski definition) is 4. The quantitative estimate of drug-likeness (QED) is 0.746. The van der Waals surface area contributed by atoms with Gasteiger partial charge < -0.3 is 20.1 Å². The standard InChI is InChI=1S/C14H20N2O3.C4H10O.2H2/c1-11(2)13(17)15-8-9-16-14(18)19-10-12-6-4-3-5-7-12;1-4(2)5-3;;/h3-7,11H,8-10H2,1-2H3,(H,15,17)(H,16,18);4H,1-3H3;2*1H. The van der Waals surface area contributed by atoms with Crippen LogP contribution in [-0.2, 0) is 20.9 Å². The molecule has 0 aromatic heterocycles. The third-order valence-electron chi connectivity index (χ3n) is 2.90. The Balaban J connectivity index is -0.000000668. The van der Waals surface area contributed by atoms with Crippen LogP contribution in [0.2, 0.25) is 0 Å². The first-order valence-corrected chi connectivity index (χ1v) is 8.11. The topological polar surface area (TPSA) is 76.7 Å². The van der Waals surface area contributed by atoms with E-state index in [2.05, 4.69) is 10.6 Å². The van der Waals surface area contributed by atoms with Crippen LogP contribution in [0.15, 0.2) is 30.3 Å². The molecule has 6 nitrogen and oxygen atoms in total. The largest absolute Gasteiger partial charge is 0.445 e. The summed E-state index contributed by atoms with van der Waals surface area (Å²) in [6, 6.07) is 9.45. The fourth-order valence-corrected chi connectivity index (χ4v) is 1.33. The SMILES string of the molecule is CC(C)C(=O)NCCNC(=O)OCc1ccccc1.COC(C)C.[HH].[HH]. The molecule has 0 saturated carbocycles. The van der Waals surface area contributed by atoms with Gasteiger partial charge in [-0.3, -0.25) is 4.79 Å². The number of amides is 2. The Labute approximate surface area is 147 Å². The lowest BCUT2D eigenvalue weighted by Crippen LogP contribution is -2.36. The summed E-state index contributed by atoms with van der Waals surface area (Å²) >= 11 is 0. The van der Waals surface area contributed by atoms with Crippen molar-refractivity contribution in [3.8, 4) is 0 Å². The third kappa shape index (κ3) is 12.5. The van der Waals surface area contributed by atoms with E-state index in [1.807, 2.05) is 58.0 Å². The van der Waals surface area contributed by atoms with Gasteiger partial charge in [0, 0.05) is 29.0 Å². The lowest BCUT2D eigenvalue weighted by atomic mass is 10.2. The van der Waals surface area contributed by atoms with Crippen molar-refractivity contribution < 1.29 is 21.9 Å². The predicted molar refractivity (Wildman–Crippen MR) is 98.9 cm³/mol. The van der Waals surface area contributed by atoms with Crippen LogP contribution in [-0.4, -0.2) is 38.3 Å². The number of benzene rings is 1. The molecular formula is C18H34N2O4. The fraction of sp³-hybridized carbons (Fsp3) is 0.556. The van der Waals surface area contributed by atoms with Crippen LogP contribution in [0.3, 0.4) is 0 Å². The maximum absolute atomic E-state index is 11.3. The van der Waals surface area contributed by atoms with Gasteiger partial charge in [-0.1, -0.05) is 44.2 Å². The summed E-state index contributed by atoms with van der Waals surface area (Å²) < 4.78 is 9.77. The highest BCUT2D eigenvalue weighted by molar-refractivity contribution is 5.77. The van der Waals surface area contributed by atoms with Crippen molar-refractivity contribution in [1.29, 1.82) is 0 Å². The second-order valence-electron chi connectivity index (χ2n) is 5.72. The number of rotatable bonds is 7. The van der Waals surface area contributed by atoms with Crippen LogP contribution < -0.4 is 10.6 Å². The summed E-state index contributed by atoms with van der Waals surface area (Å²) in [7, 11) is 1.70. The minimum absolute atomic E-state index is 0. The number of ether oxygens (including phenoxy) is 2. The Bertz CT molecular complexity index is 472. The molecule has 0 heterocycles. The maximum atomic E-state index is 11.3. The van der Waals surface area contributed by atoms with Gasteiger partial charge in [-0.15, -0.1) is 0 Å². The smallest absolute Gasteiger partial charge is 0.407 e. The highest BCUT2D eigenvalue weighted by Gasteiger charge is 2.06. The third-order valence-corrected chi connectivity index (χ3v) is 2.90. The van der Waals surface area contributed by atoms with Crippen LogP contribution in [0.1, 0.15) is 36.1 Å². The van der Waals surface area contributed by atoms with Crippen LogP contribution in [0.25, 0.3) is 0 Å². The molecule has 0 unspecified atom stereocenters. The van der Waals surface area contributed by atoms with Gasteiger partial charge in [0.1, 0.15) is 6.61 Å². The van der Waals surface area contributed by atoms with E-state index in [0.29, 0.717) is 19.2 Å². The molecule has 0 aliphatic rings. The van der Waals surface area contributed by atoms with Crippen molar-refractivity contribution in [2.45, 2.75) is 40.4 Å². The lowest BCUT2D eigenvalue weighted by Gasteiger charge is -2.09. The molecule has 0 saturated heterocycles. The first kappa shape index (κ1) is 21.9. The zero-order chi connectivity index (χ0) is 18.4. The molecule has 1 aromatic carbocycles. The van der Waals surface area contributed by atoms with Crippen LogP contribution >= 0.6 is 0 Å². The molecule has 0 aliphatic carbocycles. The van der Waals surface area contributed by atoms with Crippen molar-refractivity contribution >= 4 is 12.0 Å². The van der Waals surface area contributed by atoms with E-state index < -0.39 is 6.09 Å². The molecule has 0 atom stereocenters. The fourth-order valence-electron chi connectivity index (χ4n) is 1.33. The van der Waals surface area contributed by atoms with Crippen molar-refractivity contribution in [1.82, 2.24) is 10.6 Å². The molecule has 6 heteroatoms. The van der Waals surface area contributed by atoms with Gasteiger partial charge in [0.15, 0.2) is 0 Å². The van der Waals surface area contributed by atoms with Crippen LogP contribution in [0.5, 0.6) is 0 Å². The number of alkyl carbamates (subject to hydrolysis) is 1. The van der Waals surface area contributed by atoms with Gasteiger partial charge in [0.05, 0.1) is 6.10 Å². The van der Waals surface area contributed by atoms with E-state index in [9.17, 15) is 9.59 Å². The summed E-state index contributed by atoms with van der Waals surface area (Å²) in [4.78, 5) is 22.6. The van der Waals surface area contributed by atoms with Crippen LogP contribution in [0, 0.1) is 5.92 Å². The zero-order valence-corrected chi connectivity index (χ0v) is 15.3. The second-order valence-corrected chi connectivity index (χ2v) is 5.72. The minimum Gasteiger partial charge on any atom is -0.445 e. The maximum Gasteiger partial charge on any atom is 0.407 e. The highest BCUT2D eigenvalue weighted by atomic mass is 16.5. The van der Waals surface area contributed by atoms with Crippen molar-refractivity contribution in [2.24, 2.45) is 5.92 Å². The average Bonchev–Trinajstić information content (AvgIpc) is 2.58. The molecule has 1 aromatic rings. The molecule has 24 heavy (non-hydrogen) atoms. The number of hydrogen-bond donors (Lipinski definition) is 2. The van der Waals surface area contributed by atoms with Gasteiger partial charge in [0.25, 0.3) is 0 Å². The van der Waals surface area contributed by atoms with E-state index in [4.69, 9.17) is 9.47 Å². The molecule has 2 N–H and O–H groups in total. The molecule has 0 fully saturated rings. The summed E-state index contributed by atoms with van der Waals surface area (Å²) in [6.45, 7) is 8.63. The molecule has 2 amide bonds. The first-order valence-electron chi connectivity index (χ1n) is 8.11. The normalized spacial score (nSPS) is 9.96. The Morgan fingerprint density at radius 1 is 1.04 bits per heavy atom. The average molecular weight is 342 g/mol. The molecule has 1 rings (SSSR count). The number of methoxy groups -OCH3 is 1. The Morgan fingerprint density at radius 2 is 1.58 bits per heavy atom. The molecule has 0 bridgehead atoms. The van der Waals surface area contributed by atoms with Gasteiger partial charge >= 0.3 is 6.09 Å². The minimum atomic E-state index is -0.484. The number of carbonyl (C=O) groups excluding carboxylic acids is 2. The van der Waals surface area contributed by atoms with Crippen molar-refractivity contribution in [2.75, 3.05) is 20.2 Å². The van der Waals surface area contributed by atoms with E-state index >= 15 is 0 Å². The van der Waals surface area contributed by atoms with Gasteiger partial charge in [-0.2, -0.15) is 0 Å². The summed E-state index contributed by atoms with van der Waals surface area (Å²) in [6.07, 6.45) is -0.0994. The molecule has 140 valence electrons. The highest BCUT2D eigenvalue weighted by Crippen LogP contribution is 2.00.